The average molecular weight is 261 g/mol. The van der Waals surface area contributed by atoms with Crippen molar-refractivity contribution in [2.45, 2.75) is 26.1 Å². The lowest BCUT2D eigenvalue weighted by molar-refractivity contribution is -0.274. The highest BCUT2D eigenvalue weighted by molar-refractivity contribution is 7.18. The van der Waals surface area contributed by atoms with Crippen LogP contribution in [0, 0.1) is 0 Å². The van der Waals surface area contributed by atoms with Gasteiger partial charge in [0.25, 0.3) is 0 Å². The van der Waals surface area contributed by atoms with E-state index in [4.69, 9.17) is 0 Å². The van der Waals surface area contributed by atoms with Gasteiger partial charge in [-0.1, -0.05) is 6.92 Å². The Balaban J connectivity index is 2.30. The molecule has 2 aromatic rings. The molecule has 17 heavy (non-hydrogen) atoms. The van der Waals surface area contributed by atoms with Crippen LogP contribution in [0.2, 0.25) is 0 Å². The van der Waals surface area contributed by atoms with Gasteiger partial charge in [-0.25, -0.2) is 4.98 Å². The topological polar surface area (TPSA) is 22.1 Å². The molecule has 1 heterocycles. The van der Waals surface area contributed by atoms with Gasteiger partial charge in [-0.15, -0.1) is 24.5 Å². The monoisotopic (exact) mass is 261 g/mol. The Kier molecular flexibility index (Phi) is 3.24. The molecule has 0 fully saturated rings. The summed E-state index contributed by atoms with van der Waals surface area (Å²) < 4.78 is 40.8. The maximum absolute atomic E-state index is 12.0. The van der Waals surface area contributed by atoms with Crippen LogP contribution < -0.4 is 4.74 Å². The van der Waals surface area contributed by atoms with Crippen molar-refractivity contribution in [2.75, 3.05) is 0 Å². The van der Waals surface area contributed by atoms with E-state index in [0.29, 0.717) is 5.52 Å². The lowest BCUT2D eigenvalue weighted by atomic mass is 10.3. The Morgan fingerprint density at radius 3 is 2.76 bits per heavy atom. The second kappa shape index (κ2) is 4.52. The molecule has 0 spiro atoms. The summed E-state index contributed by atoms with van der Waals surface area (Å²) in [4.78, 5) is 4.26. The number of benzene rings is 1. The molecule has 0 unspecified atom stereocenters. The molecule has 0 atom stereocenters. The first-order valence-corrected chi connectivity index (χ1v) is 5.95. The first-order chi connectivity index (χ1) is 7.98. The summed E-state index contributed by atoms with van der Waals surface area (Å²) in [6.45, 7) is 2.03. The number of nitrogens with zero attached hydrogens (tertiary/aromatic N) is 1. The minimum atomic E-state index is -4.66. The summed E-state index contributed by atoms with van der Waals surface area (Å²) in [6, 6.07) is 4.23. The molecular formula is C11H10F3NOS. The number of hydrogen-bond acceptors (Lipinski definition) is 3. The van der Waals surface area contributed by atoms with Crippen molar-refractivity contribution in [3.8, 4) is 5.75 Å². The molecule has 0 aliphatic heterocycles. The molecule has 1 aromatic carbocycles. The van der Waals surface area contributed by atoms with Crippen LogP contribution in [0.15, 0.2) is 18.2 Å². The Morgan fingerprint density at radius 1 is 1.35 bits per heavy atom. The zero-order valence-corrected chi connectivity index (χ0v) is 9.86. The molecule has 2 rings (SSSR count). The molecule has 0 aliphatic carbocycles. The number of aromatic nitrogens is 1. The first kappa shape index (κ1) is 12.2. The smallest absolute Gasteiger partial charge is 0.406 e. The fourth-order valence-electron chi connectivity index (χ4n) is 1.47. The van der Waals surface area contributed by atoms with E-state index in [1.165, 1.54) is 23.5 Å². The van der Waals surface area contributed by atoms with Gasteiger partial charge < -0.3 is 4.74 Å². The van der Waals surface area contributed by atoms with Crippen LogP contribution in [0.3, 0.4) is 0 Å². The summed E-state index contributed by atoms with van der Waals surface area (Å²) in [5, 5.41) is 0.937. The molecule has 0 amide bonds. The largest absolute Gasteiger partial charge is 0.573 e. The predicted molar refractivity (Wildman–Crippen MR) is 60.3 cm³/mol. The maximum Gasteiger partial charge on any atom is 0.573 e. The summed E-state index contributed by atoms with van der Waals surface area (Å²) in [6.07, 6.45) is -2.85. The van der Waals surface area contributed by atoms with Crippen molar-refractivity contribution >= 4 is 21.6 Å². The van der Waals surface area contributed by atoms with Crippen LogP contribution in [0.5, 0.6) is 5.75 Å². The van der Waals surface area contributed by atoms with Crippen molar-refractivity contribution in [1.82, 2.24) is 4.98 Å². The number of halogens is 3. The van der Waals surface area contributed by atoms with E-state index in [9.17, 15) is 13.2 Å². The van der Waals surface area contributed by atoms with Gasteiger partial charge in [-0.3, -0.25) is 0 Å². The van der Waals surface area contributed by atoms with Crippen molar-refractivity contribution < 1.29 is 17.9 Å². The highest BCUT2D eigenvalue weighted by Crippen LogP contribution is 2.29. The van der Waals surface area contributed by atoms with Gasteiger partial charge in [0, 0.05) is 6.07 Å². The van der Waals surface area contributed by atoms with Gasteiger partial charge in [0.2, 0.25) is 0 Å². The summed E-state index contributed by atoms with van der Waals surface area (Å²) in [7, 11) is 0. The van der Waals surface area contributed by atoms with Crippen molar-refractivity contribution in [3.05, 3.63) is 23.2 Å². The Labute approximate surface area is 100 Å². The number of ether oxygens (including phenoxy) is 1. The Morgan fingerprint density at radius 2 is 2.12 bits per heavy atom. The van der Waals surface area contributed by atoms with Gasteiger partial charge >= 0.3 is 6.36 Å². The molecule has 0 aliphatic rings. The highest BCUT2D eigenvalue weighted by atomic mass is 32.1. The third-order valence-corrected chi connectivity index (χ3v) is 3.20. The van der Waals surface area contributed by atoms with Gasteiger partial charge in [0.05, 0.1) is 15.2 Å². The van der Waals surface area contributed by atoms with E-state index in [1.54, 1.807) is 6.07 Å². The third kappa shape index (κ3) is 3.09. The first-order valence-electron chi connectivity index (χ1n) is 5.13. The number of alkyl halides is 3. The Bertz CT molecular complexity index is 521. The normalized spacial score (nSPS) is 12.0. The quantitative estimate of drug-likeness (QED) is 0.828. The SMILES string of the molecule is CCCc1nc2cc(OC(F)(F)F)ccc2s1. The second-order valence-electron chi connectivity index (χ2n) is 3.53. The van der Waals surface area contributed by atoms with E-state index in [-0.39, 0.29) is 5.75 Å². The molecule has 0 bridgehead atoms. The van der Waals surface area contributed by atoms with Crippen LogP contribution in [0.25, 0.3) is 10.2 Å². The molecule has 2 nitrogen and oxygen atoms in total. The predicted octanol–water partition coefficient (Wildman–Crippen LogP) is 4.15. The van der Waals surface area contributed by atoms with Crippen molar-refractivity contribution in [2.24, 2.45) is 0 Å². The van der Waals surface area contributed by atoms with E-state index >= 15 is 0 Å². The van der Waals surface area contributed by atoms with Crippen LogP contribution in [-0.2, 0) is 6.42 Å². The summed E-state index contributed by atoms with van der Waals surface area (Å²) in [5.74, 6) is -0.224. The Hall–Kier alpha value is -1.30. The van der Waals surface area contributed by atoms with Gasteiger partial charge in [0.15, 0.2) is 0 Å². The zero-order chi connectivity index (χ0) is 12.5. The van der Waals surface area contributed by atoms with Crippen LogP contribution in [0.4, 0.5) is 13.2 Å². The summed E-state index contributed by atoms with van der Waals surface area (Å²) in [5.41, 5.74) is 0.556. The molecule has 6 heteroatoms. The van der Waals surface area contributed by atoms with E-state index in [1.807, 2.05) is 6.92 Å². The number of hydrogen-bond donors (Lipinski definition) is 0. The lowest BCUT2D eigenvalue weighted by Gasteiger charge is -2.07. The molecule has 0 radical (unpaired) electrons. The number of aryl methyl sites for hydroxylation is 1. The average Bonchev–Trinajstić information content (AvgIpc) is 2.57. The molecule has 0 N–H and O–H groups in total. The standard InChI is InChI=1S/C11H10F3NOS/c1-2-3-10-15-8-6-7(16-11(12,13)14)4-5-9(8)17-10/h4-6H,2-3H2,1H3. The highest BCUT2D eigenvalue weighted by Gasteiger charge is 2.31. The number of rotatable bonds is 3. The fraction of sp³-hybridized carbons (Fsp3) is 0.364. The number of fused-ring (bicyclic) bond motifs is 1. The minimum absolute atomic E-state index is 0.224. The number of thiazole rings is 1. The second-order valence-corrected chi connectivity index (χ2v) is 4.65. The molecular weight excluding hydrogens is 251 g/mol. The van der Waals surface area contributed by atoms with E-state index in [0.717, 1.165) is 22.5 Å². The zero-order valence-electron chi connectivity index (χ0n) is 9.04. The third-order valence-electron chi connectivity index (χ3n) is 2.10. The molecule has 0 saturated carbocycles. The van der Waals surface area contributed by atoms with E-state index in [2.05, 4.69) is 9.72 Å². The maximum atomic E-state index is 12.0. The van der Waals surface area contributed by atoms with Gasteiger partial charge in [-0.05, 0) is 25.0 Å². The van der Waals surface area contributed by atoms with Crippen molar-refractivity contribution in [1.29, 1.82) is 0 Å². The van der Waals surface area contributed by atoms with Gasteiger partial charge in [-0.2, -0.15) is 0 Å². The molecule has 92 valence electrons. The summed E-state index contributed by atoms with van der Waals surface area (Å²) >= 11 is 1.50. The van der Waals surface area contributed by atoms with Crippen LogP contribution in [-0.4, -0.2) is 11.3 Å². The van der Waals surface area contributed by atoms with Crippen molar-refractivity contribution in [3.63, 3.8) is 0 Å². The van der Waals surface area contributed by atoms with E-state index < -0.39 is 6.36 Å². The molecule has 1 aromatic heterocycles. The van der Waals surface area contributed by atoms with Crippen LogP contribution >= 0.6 is 11.3 Å². The minimum Gasteiger partial charge on any atom is -0.406 e. The fourth-order valence-corrected chi connectivity index (χ4v) is 2.52. The van der Waals surface area contributed by atoms with Gasteiger partial charge in [0.1, 0.15) is 5.75 Å². The lowest BCUT2D eigenvalue weighted by Crippen LogP contribution is -2.16. The van der Waals surface area contributed by atoms with Crippen LogP contribution in [0.1, 0.15) is 18.4 Å². The molecule has 0 saturated heterocycles.